The molecule has 1 aliphatic heterocycles. The number of likely N-dealkylation sites (tertiary alicyclic amines) is 1. The molecule has 122 valence electrons. The van der Waals surface area contributed by atoms with Crippen molar-refractivity contribution >= 4 is 23.3 Å². The minimum absolute atomic E-state index is 0.0415. The number of nitrogens with zero attached hydrogens (tertiary/aromatic N) is 2. The molecule has 1 N–H and O–H groups in total. The number of aliphatic hydroxyl groups is 1. The zero-order valence-electron chi connectivity index (χ0n) is 13.7. The second-order valence-corrected chi connectivity index (χ2v) is 7.91. The maximum Gasteiger partial charge on any atom is 0.246 e. The van der Waals surface area contributed by atoms with Gasteiger partial charge in [0.1, 0.15) is 0 Å². The van der Waals surface area contributed by atoms with Crippen LogP contribution in [0.5, 0.6) is 0 Å². The Bertz CT molecular complexity index is 529. The average molecular weight is 322 g/mol. The molecule has 1 atom stereocenters. The molecular weight excluding hydrogens is 296 g/mol. The smallest absolute Gasteiger partial charge is 0.246 e. The lowest BCUT2D eigenvalue weighted by atomic mass is 9.98. The summed E-state index contributed by atoms with van der Waals surface area (Å²) in [4.78, 5) is 19.7. The summed E-state index contributed by atoms with van der Waals surface area (Å²) in [5.74, 6) is 0.0452. The van der Waals surface area contributed by atoms with E-state index in [0.717, 1.165) is 35.7 Å². The van der Waals surface area contributed by atoms with E-state index in [9.17, 15) is 4.79 Å². The van der Waals surface area contributed by atoms with Gasteiger partial charge < -0.3 is 10.0 Å². The monoisotopic (exact) mass is 322 g/mol. The molecule has 2 heterocycles. The maximum absolute atomic E-state index is 12.4. The lowest BCUT2D eigenvalue weighted by Gasteiger charge is -2.34. The Hall–Kier alpha value is -1.20. The van der Waals surface area contributed by atoms with Crippen LogP contribution in [0.4, 0.5) is 0 Å². The minimum Gasteiger partial charge on any atom is -0.396 e. The minimum atomic E-state index is 0.0415. The average Bonchev–Trinajstić information content (AvgIpc) is 2.95. The van der Waals surface area contributed by atoms with Crippen molar-refractivity contribution in [2.75, 3.05) is 13.2 Å². The Balaban J connectivity index is 2.02. The van der Waals surface area contributed by atoms with E-state index >= 15 is 0 Å². The van der Waals surface area contributed by atoms with Crippen molar-refractivity contribution in [1.29, 1.82) is 0 Å². The lowest BCUT2D eigenvalue weighted by molar-refractivity contribution is -0.129. The molecule has 5 heteroatoms. The van der Waals surface area contributed by atoms with Gasteiger partial charge in [-0.25, -0.2) is 4.98 Å². The first-order valence-electron chi connectivity index (χ1n) is 7.97. The summed E-state index contributed by atoms with van der Waals surface area (Å²) in [6, 6.07) is 0.183. The molecule has 22 heavy (non-hydrogen) atoms. The van der Waals surface area contributed by atoms with Crippen molar-refractivity contribution in [3.8, 4) is 0 Å². The van der Waals surface area contributed by atoms with Gasteiger partial charge in [-0.1, -0.05) is 20.8 Å². The van der Waals surface area contributed by atoms with Crippen LogP contribution < -0.4 is 0 Å². The first-order chi connectivity index (χ1) is 10.4. The van der Waals surface area contributed by atoms with Gasteiger partial charge in [-0.05, 0) is 31.8 Å². The van der Waals surface area contributed by atoms with Crippen LogP contribution in [-0.2, 0) is 10.2 Å². The number of aromatic nitrogens is 1. The molecule has 0 aliphatic carbocycles. The number of rotatable bonds is 4. The molecule has 1 aromatic heterocycles. The van der Waals surface area contributed by atoms with Gasteiger partial charge >= 0.3 is 0 Å². The fraction of sp³-hybridized carbons (Fsp3) is 0.647. The van der Waals surface area contributed by atoms with Crippen LogP contribution in [0.1, 0.15) is 56.3 Å². The van der Waals surface area contributed by atoms with E-state index in [1.165, 1.54) is 0 Å². The highest BCUT2D eigenvalue weighted by Crippen LogP contribution is 2.27. The van der Waals surface area contributed by atoms with Crippen LogP contribution in [0.2, 0.25) is 0 Å². The molecule has 1 saturated heterocycles. The van der Waals surface area contributed by atoms with Gasteiger partial charge in [-0.3, -0.25) is 4.79 Å². The maximum atomic E-state index is 12.4. The van der Waals surface area contributed by atoms with Crippen LogP contribution in [0.15, 0.2) is 12.3 Å². The van der Waals surface area contributed by atoms with Gasteiger partial charge in [0, 0.05) is 41.8 Å². The van der Waals surface area contributed by atoms with E-state index in [0.29, 0.717) is 6.42 Å². The third-order valence-electron chi connectivity index (χ3n) is 3.93. The molecule has 2 rings (SSSR count). The molecule has 0 spiro atoms. The highest BCUT2D eigenvalue weighted by Gasteiger charge is 2.24. The van der Waals surface area contributed by atoms with E-state index in [1.807, 2.05) is 17.2 Å². The Labute approximate surface area is 136 Å². The highest BCUT2D eigenvalue weighted by molar-refractivity contribution is 7.12. The van der Waals surface area contributed by atoms with Gasteiger partial charge in [0.2, 0.25) is 5.91 Å². The third kappa shape index (κ3) is 4.40. The molecule has 4 nitrogen and oxygen atoms in total. The van der Waals surface area contributed by atoms with E-state index in [1.54, 1.807) is 17.4 Å². The van der Waals surface area contributed by atoms with Crippen LogP contribution >= 0.6 is 11.3 Å². The fourth-order valence-electron chi connectivity index (χ4n) is 2.70. The Morgan fingerprint density at radius 3 is 2.91 bits per heavy atom. The summed E-state index contributed by atoms with van der Waals surface area (Å²) in [7, 11) is 0. The second kappa shape index (κ2) is 7.38. The first-order valence-corrected chi connectivity index (χ1v) is 8.79. The summed E-state index contributed by atoms with van der Waals surface area (Å²) >= 11 is 1.63. The molecule has 1 unspecified atom stereocenters. The predicted octanol–water partition coefficient (Wildman–Crippen LogP) is 3.22. The Morgan fingerprint density at radius 1 is 1.50 bits per heavy atom. The lowest BCUT2D eigenvalue weighted by Crippen LogP contribution is -2.43. The topological polar surface area (TPSA) is 53.4 Å². The van der Waals surface area contributed by atoms with Gasteiger partial charge in [0.05, 0.1) is 5.01 Å². The number of carbonyl (C=O) groups excluding carboxylic acids is 1. The number of amides is 1. The zero-order valence-corrected chi connectivity index (χ0v) is 14.5. The van der Waals surface area contributed by atoms with Crippen molar-refractivity contribution < 1.29 is 9.90 Å². The number of hydrogen-bond acceptors (Lipinski definition) is 4. The highest BCUT2D eigenvalue weighted by atomic mass is 32.1. The van der Waals surface area contributed by atoms with Crippen LogP contribution in [0.25, 0.3) is 6.08 Å². The largest absolute Gasteiger partial charge is 0.396 e. The molecule has 1 aliphatic rings. The van der Waals surface area contributed by atoms with Crippen molar-refractivity contribution in [3.63, 3.8) is 0 Å². The normalized spacial score (nSPS) is 19.8. The van der Waals surface area contributed by atoms with Gasteiger partial charge in [0.15, 0.2) is 0 Å². The van der Waals surface area contributed by atoms with Crippen LogP contribution in [0.3, 0.4) is 0 Å². The predicted molar refractivity (Wildman–Crippen MR) is 90.9 cm³/mol. The standard InChI is InChI=1S/C17H26N2O2S/c1-17(2,3)16-18-12-14(22-16)7-8-15(21)19-10-5-4-6-13(19)9-11-20/h7-8,12-13,20H,4-6,9-11H2,1-3H3/b8-7+. The van der Waals surface area contributed by atoms with Crippen molar-refractivity contribution in [2.24, 2.45) is 0 Å². The van der Waals surface area contributed by atoms with Gasteiger partial charge in [-0.2, -0.15) is 0 Å². The van der Waals surface area contributed by atoms with E-state index in [4.69, 9.17) is 5.11 Å². The van der Waals surface area contributed by atoms with Crippen LogP contribution in [-0.4, -0.2) is 40.1 Å². The van der Waals surface area contributed by atoms with Gasteiger partial charge in [-0.15, -0.1) is 11.3 Å². The summed E-state index contributed by atoms with van der Waals surface area (Å²) in [5.41, 5.74) is 0.0415. The SMILES string of the molecule is CC(C)(C)c1ncc(/C=C/C(=O)N2CCCCC2CCO)s1. The molecule has 0 saturated carbocycles. The third-order valence-corrected chi connectivity index (χ3v) is 5.32. The van der Waals surface area contributed by atoms with E-state index in [2.05, 4.69) is 25.8 Å². The molecule has 1 fully saturated rings. The number of thiazole rings is 1. The molecule has 1 amide bonds. The van der Waals surface area contributed by atoms with Gasteiger partial charge in [0.25, 0.3) is 0 Å². The van der Waals surface area contributed by atoms with Crippen LogP contribution in [0, 0.1) is 0 Å². The summed E-state index contributed by atoms with van der Waals surface area (Å²) in [5, 5.41) is 10.2. The number of hydrogen-bond donors (Lipinski definition) is 1. The summed E-state index contributed by atoms with van der Waals surface area (Å²) in [6.45, 7) is 7.35. The Kier molecular flexibility index (Phi) is 5.75. The van der Waals surface area contributed by atoms with Crippen molar-refractivity contribution in [1.82, 2.24) is 9.88 Å². The summed E-state index contributed by atoms with van der Waals surface area (Å²) in [6.07, 6.45) is 9.20. The number of piperidine rings is 1. The zero-order chi connectivity index (χ0) is 16.2. The van der Waals surface area contributed by atoms with E-state index in [-0.39, 0.29) is 24.0 Å². The van der Waals surface area contributed by atoms with Crippen molar-refractivity contribution in [2.45, 2.75) is 57.9 Å². The number of aliphatic hydroxyl groups excluding tert-OH is 1. The Morgan fingerprint density at radius 2 is 2.27 bits per heavy atom. The first kappa shape index (κ1) is 17.2. The molecular formula is C17H26N2O2S. The molecule has 0 bridgehead atoms. The molecule has 0 aromatic carbocycles. The fourth-order valence-corrected chi connectivity index (χ4v) is 3.58. The van der Waals surface area contributed by atoms with E-state index < -0.39 is 0 Å². The summed E-state index contributed by atoms with van der Waals surface area (Å²) < 4.78 is 0. The molecule has 1 aromatic rings. The van der Waals surface area contributed by atoms with Crippen molar-refractivity contribution in [3.05, 3.63) is 22.2 Å². The second-order valence-electron chi connectivity index (χ2n) is 6.84. The number of carbonyl (C=O) groups is 1. The molecule has 0 radical (unpaired) electrons. The quantitative estimate of drug-likeness (QED) is 0.866.